The van der Waals surface area contributed by atoms with Gasteiger partial charge in [0.05, 0.1) is 13.2 Å². The lowest BCUT2D eigenvalue weighted by Crippen LogP contribution is -1.99. The quantitative estimate of drug-likeness (QED) is 0.488. The Bertz CT molecular complexity index is 540. The molecule has 0 heterocycles. The van der Waals surface area contributed by atoms with Crippen molar-refractivity contribution in [2.75, 3.05) is 18.5 Å². The zero-order chi connectivity index (χ0) is 14.2. The van der Waals surface area contributed by atoms with Gasteiger partial charge in [-0.2, -0.15) is 0 Å². The van der Waals surface area contributed by atoms with Crippen LogP contribution in [0, 0.1) is 0 Å². The van der Waals surface area contributed by atoms with E-state index in [2.05, 4.69) is 28.1 Å². The minimum atomic E-state index is 0.677. The van der Waals surface area contributed by atoms with Gasteiger partial charge in [0.25, 0.3) is 0 Å². The molecule has 20 heavy (non-hydrogen) atoms. The van der Waals surface area contributed by atoms with E-state index in [1.807, 2.05) is 31.2 Å². The van der Waals surface area contributed by atoms with Crippen molar-refractivity contribution in [3.63, 3.8) is 0 Å². The molecule has 2 nitrogen and oxygen atoms in total. The number of benzene rings is 2. The average molecular weight is 337 g/mol. The van der Waals surface area contributed by atoms with E-state index in [-0.39, 0.29) is 0 Å². The fraction of sp³-hybridized carbons (Fsp3) is 0.412. The molecule has 0 aliphatic rings. The summed E-state index contributed by atoms with van der Waals surface area (Å²) in [5.41, 5.74) is 0. The predicted molar refractivity (Wildman–Crippen MR) is 88.3 cm³/mol. The molecule has 0 unspecified atom stereocenters. The van der Waals surface area contributed by atoms with E-state index in [1.165, 1.54) is 12.8 Å². The smallest absolute Gasteiger partial charge is 0.127 e. The van der Waals surface area contributed by atoms with Gasteiger partial charge in [-0.1, -0.05) is 40.2 Å². The number of halogens is 1. The van der Waals surface area contributed by atoms with Crippen molar-refractivity contribution in [2.45, 2.75) is 26.2 Å². The first-order valence-electron chi connectivity index (χ1n) is 7.20. The Balaban J connectivity index is 2.11. The van der Waals surface area contributed by atoms with Crippen molar-refractivity contribution < 1.29 is 9.47 Å². The summed E-state index contributed by atoms with van der Waals surface area (Å²) in [4.78, 5) is 0. The molecule has 3 heteroatoms. The molecule has 0 aliphatic heterocycles. The number of hydrogen-bond acceptors (Lipinski definition) is 2. The van der Waals surface area contributed by atoms with Gasteiger partial charge >= 0.3 is 0 Å². The second kappa shape index (κ2) is 8.15. The third kappa shape index (κ3) is 3.89. The third-order valence-corrected chi connectivity index (χ3v) is 3.74. The first kappa shape index (κ1) is 15.2. The largest absolute Gasteiger partial charge is 0.493 e. The highest BCUT2D eigenvalue weighted by Crippen LogP contribution is 2.33. The fourth-order valence-corrected chi connectivity index (χ4v) is 2.60. The molecule has 0 spiro atoms. The molecule has 2 rings (SSSR count). The monoisotopic (exact) mass is 336 g/mol. The fourth-order valence-electron chi connectivity index (χ4n) is 2.21. The normalized spacial score (nSPS) is 10.7. The molecule has 0 atom stereocenters. The summed E-state index contributed by atoms with van der Waals surface area (Å²) in [6, 6.07) is 12.3. The molecule has 0 N–H and O–H groups in total. The predicted octanol–water partition coefficient (Wildman–Crippen LogP) is 5.18. The molecule has 0 bridgehead atoms. The number of alkyl halides is 1. The van der Waals surface area contributed by atoms with Gasteiger partial charge in [0, 0.05) is 16.1 Å². The second-order valence-corrected chi connectivity index (χ2v) is 5.43. The summed E-state index contributed by atoms with van der Waals surface area (Å²) in [6.07, 6.45) is 3.49. The van der Waals surface area contributed by atoms with Crippen LogP contribution in [-0.4, -0.2) is 18.5 Å². The summed E-state index contributed by atoms with van der Waals surface area (Å²) in [7, 11) is 0. The molecular formula is C17H21BrO2. The lowest BCUT2D eigenvalue weighted by molar-refractivity contribution is 0.308. The van der Waals surface area contributed by atoms with Crippen LogP contribution < -0.4 is 9.47 Å². The van der Waals surface area contributed by atoms with E-state index < -0.39 is 0 Å². The molecule has 2 aromatic rings. The number of rotatable bonds is 8. The lowest BCUT2D eigenvalue weighted by Gasteiger charge is -2.12. The van der Waals surface area contributed by atoms with Crippen LogP contribution in [0.15, 0.2) is 36.4 Å². The van der Waals surface area contributed by atoms with Crippen molar-refractivity contribution in [1.82, 2.24) is 0 Å². The van der Waals surface area contributed by atoms with Crippen molar-refractivity contribution in [2.24, 2.45) is 0 Å². The van der Waals surface area contributed by atoms with Gasteiger partial charge in [-0.3, -0.25) is 0 Å². The molecule has 0 saturated heterocycles. The molecule has 2 aromatic carbocycles. The Hall–Kier alpha value is -1.22. The van der Waals surface area contributed by atoms with Crippen LogP contribution in [0.3, 0.4) is 0 Å². The van der Waals surface area contributed by atoms with Gasteiger partial charge in [0.15, 0.2) is 0 Å². The number of fused-ring (bicyclic) bond motifs is 1. The first-order valence-corrected chi connectivity index (χ1v) is 8.32. The molecule has 0 aromatic heterocycles. The topological polar surface area (TPSA) is 18.5 Å². The van der Waals surface area contributed by atoms with Crippen LogP contribution in [0.5, 0.6) is 11.5 Å². The van der Waals surface area contributed by atoms with E-state index >= 15 is 0 Å². The Kier molecular flexibility index (Phi) is 6.19. The van der Waals surface area contributed by atoms with E-state index in [4.69, 9.17) is 9.47 Å². The zero-order valence-corrected chi connectivity index (χ0v) is 13.5. The van der Waals surface area contributed by atoms with Crippen LogP contribution in [0.4, 0.5) is 0 Å². The summed E-state index contributed by atoms with van der Waals surface area (Å²) < 4.78 is 11.6. The highest BCUT2D eigenvalue weighted by atomic mass is 79.9. The average Bonchev–Trinajstić information content (AvgIpc) is 2.49. The van der Waals surface area contributed by atoms with E-state index in [0.717, 1.165) is 40.6 Å². The maximum atomic E-state index is 5.93. The molecule has 108 valence electrons. The van der Waals surface area contributed by atoms with Gasteiger partial charge in [0.1, 0.15) is 11.5 Å². The van der Waals surface area contributed by atoms with Crippen LogP contribution in [0.25, 0.3) is 10.8 Å². The highest BCUT2D eigenvalue weighted by Gasteiger charge is 2.07. The van der Waals surface area contributed by atoms with Crippen LogP contribution in [0.1, 0.15) is 26.2 Å². The Morgan fingerprint density at radius 1 is 0.850 bits per heavy atom. The molecule has 0 fully saturated rings. The van der Waals surface area contributed by atoms with Gasteiger partial charge < -0.3 is 9.47 Å². The van der Waals surface area contributed by atoms with E-state index in [9.17, 15) is 0 Å². The molecule has 0 aliphatic carbocycles. The zero-order valence-electron chi connectivity index (χ0n) is 11.9. The van der Waals surface area contributed by atoms with Crippen LogP contribution >= 0.6 is 15.9 Å². The van der Waals surface area contributed by atoms with Crippen LogP contribution in [-0.2, 0) is 0 Å². The molecule has 0 radical (unpaired) electrons. The highest BCUT2D eigenvalue weighted by molar-refractivity contribution is 9.09. The summed E-state index contributed by atoms with van der Waals surface area (Å²) in [5.74, 6) is 1.87. The maximum Gasteiger partial charge on any atom is 0.127 e. The Labute approximate surface area is 129 Å². The maximum absolute atomic E-state index is 5.93. The van der Waals surface area contributed by atoms with Gasteiger partial charge in [-0.05, 0) is 38.3 Å². The van der Waals surface area contributed by atoms with Crippen molar-refractivity contribution in [3.8, 4) is 11.5 Å². The summed E-state index contributed by atoms with van der Waals surface area (Å²) in [5, 5.41) is 3.31. The lowest BCUT2D eigenvalue weighted by atomic mass is 10.1. The van der Waals surface area contributed by atoms with Crippen molar-refractivity contribution >= 4 is 26.7 Å². The van der Waals surface area contributed by atoms with Crippen molar-refractivity contribution in [3.05, 3.63) is 36.4 Å². The Morgan fingerprint density at radius 2 is 1.50 bits per heavy atom. The van der Waals surface area contributed by atoms with Crippen LogP contribution in [0.2, 0.25) is 0 Å². The second-order valence-electron chi connectivity index (χ2n) is 4.64. The molecule has 0 amide bonds. The van der Waals surface area contributed by atoms with Crippen molar-refractivity contribution in [1.29, 1.82) is 0 Å². The number of unbranched alkanes of at least 4 members (excludes halogenated alkanes) is 2. The minimum Gasteiger partial charge on any atom is -0.493 e. The van der Waals surface area contributed by atoms with E-state index in [0.29, 0.717) is 6.61 Å². The van der Waals surface area contributed by atoms with Gasteiger partial charge in [0.2, 0.25) is 0 Å². The Morgan fingerprint density at radius 3 is 2.10 bits per heavy atom. The van der Waals surface area contributed by atoms with Gasteiger partial charge in [-0.15, -0.1) is 0 Å². The number of ether oxygens (including phenoxy) is 2. The first-order chi connectivity index (χ1) is 9.86. The standard InChI is InChI=1S/C17H21BrO2/c1-2-19-16-10-11-17(20-13-7-3-6-12-18)15-9-5-4-8-14(15)16/h4-5,8-11H,2-3,6-7,12-13H2,1H3. The minimum absolute atomic E-state index is 0.677. The summed E-state index contributed by atoms with van der Waals surface area (Å²) >= 11 is 3.45. The third-order valence-electron chi connectivity index (χ3n) is 3.18. The summed E-state index contributed by atoms with van der Waals surface area (Å²) in [6.45, 7) is 3.45. The van der Waals surface area contributed by atoms with E-state index in [1.54, 1.807) is 0 Å². The van der Waals surface area contributed by atoms with Gasteiger partial charge in [-0.25, -0.2) is 0 Å². The SMILES string of the molecule is CCOc1ccc(OCCCCCBr)c2ccccc12. The molecule has 0 saturated carbocycles. The number of hydrogen-bond donors (Lipinski definition) is 0. The molecular weight excluding hydrogens is 316 g/mol.